The third kappa shape index (κ3) is 4.30. The fourth-order valence-corrected chi connectivity index (χ4v) is 2.68. The number of nitrogens with zero attached hydrogens (tertiary/aromatic N) is 4. The second kappa shape index (κ2) is 7.20. The van der Waals surface area contributed by atoms with E-state index in [0.717, 1.165) is 25.3 Å². The minimum absolute atomic E-state index is 0.545. The molecular weight excluding hydrogens is 250 g/mol. The Bertz CT molecular complexity index is 406. The third-order valence-electron chi connectivity index (χ3n) is 4.32. The molecule has 0 unspecified atom stereocenters. The van der Waals surface area contributed by atoms with Gasteiger partial charge < -0.3 is 14.8 Å². The Morgan fingerprint density at radius 3 is 2.55 bits per heavy atom. The Kier molecular flexibility index (Phi) is 5.57. The lowest BCUT2D eigenvalue weighted by molar-refractivity contribution is 0.144. The van der Waals surface area contributed by atoms with Gasteiger partial charge in [-0.15, -0.1) is 0 Å². The van der Waals surface area contributed by atoms with E-state index in [1.54, 1.807) is 0 Å². The first-order valence-corrected chi connectivity index (χ1v) is 7.69. The van der Waals surface area contributed by atoms with E-state index in [0.29, 0.717) is 6.04 Å². The van der Waals surface area contributed by atoms with Crippen LogP contribution < -0.4 is 5.32 Å². The maximum Gasteiger partial charge on any atom is 0.0951 e. The molecule has 1 aromatic heterocycles. The summed E-state index contributed by atoms with van der Waals surface area (Å²) in [6.07, 6.45) is 1.94. The molecule has 1 atom stereocenters. The second-order valence-electron chi connectivity index (χ2n) is 6.07. The summed E-state index contributed by atoms with van der Waals surface area (Å²) < 4.78 is 2.23. The van der Waals surface area contributed by atoms with Gasteiger partial charge in [-0.25, -0.2) is 4.98 Å². The molecule has 0 bridgehead atoms. The van der Waals surface area contributed by atoms with E-state index in [1.807, 2.05) is 6.33 Å². The molecule has 1 saturated heterocycles. The summed E-state index contributed by atoms with van der Waals surface area (Å²) in [4.78, 5) is 9.30. The lowest BCUT2D eigenvalue weighted by Crippen LogP contribution is -2.49. The number of hydrogen-bond donors (Lipinski definition) is 1. The van der Waals surface area contributed by atoms with Crippen LogP contribution in [0.25, 0.3) is 0 Å². The number of hydrogen-bond acceptors (Lipinski definition) is 4. The van der Waals surface area contributed by atoms with Crippen LogP contribution in [0.2, 0.25) is 0 Å². The van der Waals surface area contributed by atoms with Crippen LogP contribution >= 0.6 is 0 Å². The number of piperazine rings is 1. The molecule has 1 aromatic rings. The Morgan fingerprint density at radius 2 is 1.95 bits per heavy atom. The van der Waals surface area contributed by atoms with Crippen molar-refractivity contribution in [2.75, 3.05) is 46.3 Å². The first-order chi connectivity index (χ1) is 9.56. The smallest absolute Gasteiger partial charge is 0.0951 e. The fraction of sp³-hybridized carbons (Fsp3) is 0.800. The minimum Gasteiger partial charge on any atom is -0.333 e. The molecule has 114 valence electrons. The van der Waals surface area contributed by atoms with Gasteiger partial charge in [0.15, 0.2) is 0 Å². The van der Waals surface area contributed by atoms with Crippen LogP contribution in [0.5, 0.6) is 0 Å². The van der Waals surface area contributed by atoms with Crippen LogP contribution in [0.15, 0.2) is 6.33 Å². The zero-order chi connectivity index (χ0) is 14.5. The van der Waals surface area contributed by atoms with Crippen LogP contribution in [-0.2, 0) is 6.54 Å². The monoisotopic (exact) mass is 279 g/mol. The van der Waals surface area contributed by atoms with Gasteiger partial charge in [0, 0.05) is 57.5 Å². The van der Waals surface area contributed by atoms with Crippen molar-refractivity contribution in [3.05, 3.63) is 17.7 Å². The van der Waals surface area contributed by atoms with E-state index in [1.165, 1.54) is 31.9 Å². The largest absolute Gasteiger partial charge is 0.333 e. The summed E-state index contributed by atoms with van der Waals surface area (Å²) in [5.74, 6) is 0. The van der Waals surface area contributed by atoms with Crippen LogP contribution in [-0.4, -0.2) is 71.7 Å². The molecule has 0 amide bonds. The normalized spacial score (nSPS) is 19.4. The van der Waals surface area contributed by atoms with Crippen molar-refractivity contribution in [1.82, 2.24) is 24.7 Å². The van der Waals surface area contributed by atoms with E-state index < -0.39 is 0 Å². The van der Waals surface area contributed by atoms with Crippen LogP contribution in [0, 0.1) is 13.8 Å². The molecule has 20 heavy (non-hydrogen) atoms. The van der Waals surface area contributed by atoms with Crippen LogP contribution in [0.1, 0.15) is 18.3 Å². The molecule has 0 spiro atoms. The van der Waals surface area contributed by atoms with Gasteiger partial charge in [0.1, 0.15) is 0 Å². The average molecular weight is 279 g/mol. The van der Waals surface area contributed by atoms with Crippen LogP contribution in [0.4, 0.5) is 0 Å². The molecule has 5 nitrogen and oxygen atoms in total. The van der Waals surface area contributed by atoms with Gasteiger partial charge in [0.2, 0.25) is 0 Å². The average Bonchev–Trinajstić information content (AvgIpc) is 2.73. The van der Waals surface area contributed by atoms with E-state index in [2.05, 4.69) is 52.5 Å². The molecule has 1 N–H and O–H groups in total. The fourth-order valence-electron chi connectivity index (χ4n) is 2.68. The number of nitrogens with one attached hydrogen (secondary N) is 1. The highest BCUT2D eigenvalue weighted by molar-refractivity contribution is 5.08. The molecule has 2 heterocycles. The standard InChI is InChI=1S/C15H29N5/c1-13(11-19-9-7-18(4)8-10-19)16-5-6-20-12-17-14(2)15(20)3/h12-13,16H,5-11H2,1-4H3/t13-/m0/s1. The number of imidazole rings is 1. The van der Waals surface area contributed by atoms with Crippen molar-refractivity contribution in [2.24, 2.45) is 0 Å². The summed E-state index contributed by atoms with van der Waals surface area (Å²) in [7, 11) is 2.20. The Balaban J connectivity index is 1.65. The lowest BCUT2D eigenvalue weighted by Gasteiger charge is -2.34. The van der Waals surface area contributed by atoms with E-state index in [4.69, 9.17) is 0 Å². The lowest BCUT2D eigenvalue weighted by atomic mass is 10.2. The first-order valence-electron chi connectivity index (χ1n) is 7.69. The first kappa shape index (κ1) is 15.5. The Morgan fingerprint density at radius 1 is 1.25 bits per heavy atom. The Labute approximate surface area is 123 Å². The summed E-state index contributed by atoms with van der Waals surface area (Å²) in [5, 5.41) is 3.62. The van der Waals surface area contributed by atoms with Gasteiger partial charge in [-0.2, -0.15) is 0 Å². The summed E-state index contributed by atoms with van der Waals surface area (Å²) in [5.41, 5.74) is 2.41. The van der Waals surface area contributed by atoms with E-state index in [9.17, 15) is 0 Å². The maximum atomic E-state index is 4.34. The highest BCUT2D eigenvalue weighted by Crippen LogP contribution is 2.03. The molecule has 1 aliphatic heterocycles. The van der Waals surface area contributed by atoms with Gasteiger partial charge in [-0.05, 0) is 27.8 Å². The van der Waals surface area contributed by atoms with Crippen molar-refractivity contribution < 1.29 is 0 Å². The molecular formula is C15H29N5. The zero-order valence-electron chi connectivity index (χ0n) is 13.4. The molecule has 0 saturated carbocycles. The quantitative estimate of drug-likeness (QED) is 0.833. The predicted molar refractivity (Wildman–Crippen MR) is 83.1 cm³/mol. The van der Waals surface area contributed by atoms with Crippen molar-refractivity contribution in [2.45, 2.75) is 33.4 Å². The van der Waals surface area contributed by atoms with Crippen molar-refractivity contribution in [3.63, 3.8) is 0 Å². The number of likely N-dealkylation sites (N-methyl/N-ethyl adjacent to an activating group) is 1. The SMILES string of the molecule is Cc1ncn(CCN[C@@H](C)CN2CCN(C)CC2)c1C. The van der Waals surface area contributed by atoms with Crippen molar-refractivity contribution >= 4 is 0 Å². The molecule has 1 aliphatic rings. The van der Waals surface area contributed by atoms with E-state index in [-0.39, 0.29) is 0 Å². The number of aromatic nitrogens is 2. The second-order valence-corrected chi connectivity index (χ2v) is 6.07. The van der Waals surface area contributed by atoms with Gasteiger partial charge in [0.05, 0.1) is 12.0 Å². The number of aryl methyl sites for hydroxylation is 1. The topological polar surface area (TPSA) is 36.3 Å². The van der Waals surface area contributed by atoms with Gasteiger partial charge in [0.25, 0.3) is 0 Å². The number of rotatable bonds is 6. The molecule has 5 heteroatoms. The minimum atomic E-state index is 0.545. The van der Waals surface area contributed by atoms with E-state index >= 15 is 0 Å². The summed E-state index contributed by atoms with van der Waals surface area (Å²) in [6.45, 7) is 14.4. The van der Waals surface area contributed by atoms with Crippen LogP contribution in [0.3, 0.4) is 0 Å². The van der Waals surface area contributed by atoms with Gasteiger partial charge in [-0.3, -0.25) is 4.90 Å². The summed E-state index contributed by atoms with van der Waals surface area (Å²) in [6, 6.07) is 0.545. The predicted octanol–water partition coefficient (Wildman–Crippen LogP) is 0.725. The summed E-state index contributed by atoms with van der Waals surface area (Å²) >= 11 is 0. The Hall–Kier alpha value is -0.910. The van der Waals surface area contributed by atoms with Gasteiger partial charge >= 0.3 is 0 Å². The highest BCUT2D eigenvalue weighted by Gasteiger charge is 2.15. The zero-order valence-corrected chi connectivity index (χ0v) is 13.4. The maximum absolute atomic E-state index is 4.34. The molecule has 0 aliphatic carbocycles. The molecule has 1 fully saturated rings. The van der Waals surface area contributed by atoms with Gasteiger partial charge in [-0.1, -0.05) is 0 Å². The molecule has 0 radical (unpaired) electrons. The third-order valence-corrected chi connectivity index (χ3v) is 4.32. The highest BCUT2D eigenvalue weighted by atomic mass is 15.3. The molecule has 2 rings (SSSR count). The van der Waals surface area contributed by atoms with Crippen molar-refractivity contribution in [1.29, 1.82) is 0 Å². The van der Waals surface area contributed by atoms with Crippen molar-refractivity contribution in [3.8, 4) is 0 Å². The molecule has 0 aromatic carbocycles.